The van der Waals surface area contributed by atoms with Gasteiger partial charge in [0.15, 0.2) is 0 Å². The van der Waals surface area contributed by atoms with E-state index >= 15 is 0 Å². The van der Waals surface area contributed by atoms with Crippen LogP contribution in [0.25, 0.3) is 22.3 Å². The molecule has 5 aromatic rings. The lowest BCUT2D eigenvalue weighted by molar-refractivity contribution is -0.137. The van der Waals surface area contributed by atoms with Crippen molar-refractivity contribution in [2.75, 3.05) is 6.61 Å². The number of imidazole rings is 1. The molecular weight excluding hydrogens is 516 g/mol. The highest BCUT2D eigenvalue weighted by atomic mass is 16.5. The van der Waals surface area contributed by atoms with Crippen LogP contribution in [0.1, 0.15) is 23.9 Å². The number of carboxylic acids is 1. The van der Waals surface area contributed by atoms with Gasteiger partial charge in [-0.1, -0.05) is 84.9 Å². The number of H-pyrrole nitrogens is 1. The van der Waals surface area contributed by atoms with Crippen LogP contribution < -0.4 is 0 Å². The Kier molecular flexibility index (Phi) is 9.03. The molecule has 41 heavy (non-hydrogen) atoms. The van der Waals surface area contributed by atoms with Gasteiger partial charge in [-0.05, 0) is 33.9 Å². The number of hydrogen-bond donors (Lipinski definition) is 3. The van der Waals surface area contributed by atoms with Gasteiger partial charge in [-0.25, -0.2) is 9.98 Å². The Morgan fingerprint density at radius 3 is 2.20 bits per heavy atom. The number of aliphatic imine (C=N–C) groups is 1. The van der Waals surface area contributed by atoms with Gasteiger partial charge in [0.05, 0.1) is 19.1 Å². The van der Waals surface area contributed by atoms with Crippen molar-refractivity contribution in [3.63, 3.8) is 0 Å². The number of aromatic nitrogens is 3. The minimum atomic E-state index is -0.986. The first-order valence-electron chi connectivity index (χ1n) is 13.5. The van der Waals surface area contributed by atoms with Gasteiger partial charge in [0, 0.05) is 31.2 Å². The summed E-state index contributed by atoms with van der Waals surface area (Å²) in [5.41, 5.74) is 5.13. The zero-order valence-electron chi connectivity index (χ0n) is 22.5. The van der Waals surface area contributed by atoms with Gasteiger partial charge in [-0.15, -0.1) is 0 Å². The van der Waals surface area contributed by atoms with Crippen LogP contribution in [-0.4, -0.2) is 49.3 Å². The molecule has 5 rings (SSSR count). The summed E-state index contributed by atoms with van der Waals surface area (Å²) < 4.78 is 8.02. The summed E-state index contributed by atoms with van der Waals surface area (Å²) in [6.45, 7) is -0.0346. The van der Waals surface area contributed by atoms with Crippen molar-refractivity contribution in [2.24, 2.45) is 4.99 Å². The van der Waals surface area contributed by atoms with Crippen molar-refractivity contribution in [1.29, 1.82) is 0 Å². The maximum atomic E-state index is 12.0. The third-order valence-corrected chi connectivity index (χ3v) is 6.79. The SMILES string of the molecule is O=C(O)C[C@H](C(=N[C@H](CO)Cc1ncc[nH]1)OCc1ccccc1)n1ccc(-c2ccc(-c3ccccc3)cc2)c1. The van der Waals surface area contributed by atoms with Crippen molar-refractivity contribution in [3.8, 4) is 22.3 Å². The van der Waals surface area contributed by atoms with E-state index in [0.717, 1.165) is 27.8 Å². The third kappa shape index (κ3) is 7.38. The number of hydrogen-bond acceptors (Lipinski definition) is 5. The number of rotatable bonds is 12. The highest BCUT2D eigenvalue weighted by Crippen LogP contribution is 2.27. The molecule has 8 nitrogen and oxygen atoms in total. The first kappa shape index (κ1) is 27.6. The van der Waals surface area contributed by atoms with Crippen LogP contribution in [0.4, 0.5) is 0 Å². The van der Waals surface area contributed by atoms with Crippen LogP contribution in [0.15, 0.2) is 121 Å². The van der Waals surface area contributed by atoms with Crippen molar-refractivity contribution in [1.82, 2.24) is 14.5 Å². The predicted molar refractivity (Wildman–Crippen MR) is 158 cm³/mol. The predicted octanol–water partition coefficient (Wildman–Crippen LogP) is 5.78. The molecule has 3 N–H and O–H groups in total. The van der Waals surface area contributed by atoms with Crippen molar-refractivity contribution >= 4 is 11.9 Å². The van der Waals surface area contributed by atoms with Gasteiger partial charge in [-0.2, -0.15) is 0 Å². The van der Waals surface area contributed by atoms with E-state index in [9.17, 15) is 15.0 Å². The fourth-order valence-electron chi connectivity index (χ4n) is 4.66. The lowest BCUT2D eigenvalue weighted by atomic mass is 10.0. The molecule has 0 aliphatic carbocycles. The van der Waals surface area contributed by atoms with E-state index in [0.29, 0.717) is 12.2 Å². The topological polar surface area (TPSA) is 113 Å². The van der Waals surface area contributed by atoms with Gasteiger partial charge in [-0.3, -0.25) is 4.79 Å². The smallest absolute Gasteiger partial charge is 0.305 e. The Morgan fingerprint density at radius 2 is 1.56 bits per heavy atom. The summed E-state index contributed by atoms with van der Waals surface area (Å²) in [6, 6.07) is 28.7. The van der Waals surface area contributed by atoms with E-state index < -0.39 is 18.1 Å². The molecule has 0 radical (unpaired) electrons. The normalized spacial score (nSPS) is 13.0. The summed E-state index contributed by atoms with van der Waals surface area (Å²) in [7, 11) is 0. The van der Waals surface area contributed by atoms with Crippen molar-refractivity contribution in [3.05, 3.63) is 127 Å². The lowest BCUT2D eigenvalue weighted by Gasteiger charge is -2.22. The number of benzene rings is 3. The number of ether oxygens (including phenoxy) is 1. The zero-order chi connectivity index (χ0) is 28.4. The van der Waals surface area contributed by atoms with Crippen LogP contribution in [0, 0.1) is 0 Å². The lowest BCUT2D eigenvalue weighted by Crippen LogP contribution is -2.27. The number of aliphatic carboxylic acids is 1. The van der Waals surface area contributed by atoms with Crippen LogP contribution in [0.5, 0.6) is 0 Å². The minimum absolute atomic E-state index is 0.212. The maximum absolute atomic E-state index is 12.0. The third-order valence-electron chi connectivity index (χ3n) is 6.79. The first-order valence-corrected chi connectivity index (χ1v) is 13.5. The molecule has 208 valence electrons. The molecule has 2 aromatic heterocycles. The fourth-order valence-corrected chi connectivity index (χ4v) is 4.66. The van der Waals surface area contributed by atoms with E-state index in [1.807, 2.05) is 71.6 Å². The summed E-state index contributed by atoms with van der Waals surface area (Å²) in [5.74, 6) is -0.0734. The van der Waals surface area contributed by atoms with Crippen LogP contribution in [0.3, 0.4) is 0 Å². The first-order chi connectivity index (χ1) is 20.1. The summed E-state index contributed by atoms with van der Waals surface area (Å²) in [6.07, 6.45) is 7.21. The Labute approximate surface area is 238 Å². The average molecular weight is 549 g/mol. The quantitative estimate of drug-likeness (QED) is 0.135. The summed E-state index contributed by atoms with van der Waals surface area (Å²) in [5, 5.41) is 20.0. The molecular formula is C33H32N4O4. The monoisotopic (exact) mass is 548 g/mol. The van der Waals surface area contributed by atoms with Gasteiger partial charge < -0.3 is 24.5 Å². The summed E-state index contributed by atoms with van der Waals surface area (Å²) in [4.78, 5) is 24.0. The Balaban J connectivity index is 1.45. The maximum Gasteiger partial charge on any atom is 0.305 e. The molecule has 0 saturated carbocycles. The second kappa shape index (κ2) is 13.4. The molecule has 2 atom stereocenters. The fraction of sp³-hybridized carbons (Fsp3) is 0.182. The molecule has 0 aliphatic heterocycles. The molecule has 0 unspecified atom stereocenters. The van der Waals surface area contributed by atoms with Crippen molar-refractivity contribution in [2.45, 2.75) is 31.5 Å². The van der Waals surface area contributed by atoms with Gasteiger partial charge >= 0.3 is 5.97 Å². The Morgan fingerprint density at radius 1 is 0.902 bits per heavy atom. The van der Waals surface area contributed by atoms with E-state index in [-0.39, 0.29) is 25.5 Å². The highest BCUT2D eigenvalue weighted by molar-refractivity contribution is 5.85. The Bertz CT molecular complexity index is 1550. The molecule has 0 aliphatic rings. The molecule has 0 spiro atoms. The zero-order valence-corrected chi connectivity index (χ0v) is 22.5. The van der Waals surface area contributed by atoms with Crippen LogP contribution >= 0.6 is 0 Å². The largest absolute Gasteiger partial charge is 0.481 e. The average Bonchev–Trinajstić information content (AvgIpc) is 3.71. The van der Waals surface area contributed by atoms with Crippen LogP contribution in [0.2, 0.25) is 0 Å². The number of aromatic amines is 1. The van der Waals surface area contributed by atoms with E-state index in [2.05, 4.69) is 46.4 Å². The molecule has 2 heterocycles. The molecule has 0 bridgehead atoms. The van der Waals surface area contributed by atoms with Gasteiger partial charge in [0.1, 0.15) is 18.5 Å². The molecule has 0 saturated heterocycles. The number of aliphatic hydroxyl groups is 1. The minimum Gasteiger partial charge on any atom is -0.481 e. The summed E-state index contributed by atoms with van der Waals surface area (Å²) >= 11 is 0. The van der Waals surface area contributed by atoms with Crippen molar-refractivity contribution < 1.29 is 19.7 Å². The number of aliphatic hydroxyl groups excluding tert-OH is 1. The van der Waals surface area contributed by atoms with E-state index in [1.165, 1.54) is 0 Å². The molecule has 0 amide bonds. The number of nitrogens with zero attached hydrogens (tertiary/aromatic N) is 3. The Hall–Kier alpha value is -4.95. The molecule has 3 aromatic carbocycles. The standard InChI is InChI=1S/C33H32N4O4/c38-22-29(19-31-34-16-17-35-31)36-33(41-23-24-7-3-1-4-8-24)30(20-32(39)40)37-18-15-28(21-37)27-13-11-26(12-14-27)25-9-5-2-6-10-25/h1-18,21,29-30,38H,19-20,22-23H2,(H,34,35)(H,39,40)/t29-,30+/m0/s1. The second-order valence-corrected chi connectivity index (χ2v) is 9.72. The number of nitrogens with one attached hydrogen (secondary N) is 1. The van der Waals surface area contributed by atoms with E-state index in [4.69, 9.17) is 9.73 Å². The molecule has 8 heteroatoms. The van der Waals surface area contributed by atoms with Gasteiger partial charge in [0.25, 0.3) is 0 Å². The highest BCUT2D eigenvalue weighted by Gasteiger charge is 2.25. The van der Waals surface area contributed by atoms with E-state index in [1.54, 1.807) is 12.4 Å². The van der Waals surface area contributed by atoms with Gasteiger partial charge in [0.2, 0.25) is 5.90 Å². The van der Waals surface area contributed by atoms with Crippen LogP contribution in [-0.2, 0) is 22.6 Å². The number of carboxylic acid groups (broad SMARTS) is 1. The number of carbonyl (C=O) groups is 1. The molecule has 0 fully saturated rings. The second-order valence-electron chi connectivity index (χ2n) is 9.72.